The Morgan fingerprint density at radius 2 is 0.792 bits per heavy atom. The number of esters is 1. The van der Waals surface area contributed by atoms with Crippen molar-refractivity contribution in [2.75, 3.05) is 0 Å². The van der Waals surface area contributed by atoms with Crippen molar-refractivity contribution in [3.8, 4) is 0 Å². The third kappa shape index (κ3) is 44.2. The van der Waals surface area contributed by atoms with Gasteiger partial charge in [-0.3, -0.25) is 9.59 Å². The molecule has 0 aromatic heterocycles. The number of rotatable bonds is 42. The van der Waals surface area contributed by atoms with Gasteiger partial charge in [0.15, 0.2) is 0 Å². The van der Waals surface area contributed by atoms with Gasteiger partial charge in [-0.25, -0.2) is 0 Å². The number of carbonyl (C=O) groups excluding carboxylic acids is 1. The van der Waals surface area contributed by atoms with E-state index in [1.807, 2.05) is 0 Å². The summed E-state index contributed by atoms with van der Waals surface area (Å²) in [7, 11) is 0. The highest BCUT2D eigenvalue weighted by Gasteiger charge is 2.14. The fourth-order valence-electron chi connectivity index (χ4n) is 6.94. The first-order valence-electron chi connectivity index (χ1n) is 23.1. The predicted octanol–water partition coefficient (Wildman–Crippen LogP) is 16.3. The molecule has 0 bridgehead atoms. The van der Waals surface area contributed by atoms with Gasteiger partial charge < -0.3 is 9.84 Å². The second kappa shape index (κ2) is 44.3. The molecule has 0 aliphatic carbocycles. The molecule has 53 heavy (non-hydrogen) atoms. The van der Waals surface area contributed by atoms with Crippen molar-refractivity contribution in [3.63, 3.8) is 0 Å². The molecule has 308 valence electrons. The fourth-order valence-corrected chi connectivity index (χ4v) is 6.94. The van der Waals surface area contributed by atoms with Crippen molar-refractivity contribution < 1.29 is 19.4 Å². The second-order valence-electron chi connectivity index (χ2n) is 15.6. The Morgan fingerprint density at radius 1 is 0.434 bits per heavy atom. The molecular formula is C49H88O4. The number of hydrogen-bond donors (Lipinski definition) is 1. The number of carboxylic acids is 1. The minimum absolute atomic E-state index is 0.0159. The lowest BCUT2D eigenvalue weighted by Crippen LogP contribution is -2.18. The van der Waals surface area contributed by atoms with Crippen LogP contribution in [0.2, 0.25) is 0 Å². The maximum Gasteiger partial charge on any atom is 0.306 e. The van der Waals surface area contributed by atoms with Crippen LogP contribution >= 0.6 is 0 Å². The van der Waals surface area contributed by atoms with E-state index in [9.17, 15) is 9.59 Å². The molecule has 0 amide bonds. The average molecular weight is 741 g/mol. The highest BCUT2D eigenvalue weighted by Crippen LogP contribution is 2.19. The van der Waals surface area contributed by atoms with Crippen molar-refractivity contribution in [1.29, 1.82) is 0 Å². The summed E-state index contributed by atoms with van der Waals surface area (Å²) >= 11 is 0. The molecule has 0 rings (SSSR count). The SMILES string of the molecule is CC/C=C\C/C=C\C/C=C\C/C=C\CCCCC(CCCCCCCC(=O)O)OC(=O)CCCCCCCCCCCCCCCCCCCCCC. The molecule has 0 aromatic carbocycles. The zero-order valence-corrected chi connectivity index (χ0v) is 35.3. The van der Waals surface area contributed by atoms with Crippen molar-refractivity contribution in [1.82, 2.24) is 0 Å². The summed E-state index contributed by atoms with van der Waals surface area (Å²) in [5.41, 5.74) is 0. The van der Waals surface area contributed by atoms with Gasteiger partial charge in [0, 0.05) is 12.8 Å². The smallest absolute Gasteiger partial charge is 0.306 e. The van der Waals surface area contributed by atoms with Crippen molar-refractivity contribution in [2.45, 2.75) is 251 Å². The Hall–Kier alpha value is -2.10. The molecule has 0 saturated heterocycles. The van der Waals surface area contributed by atoms with Crippen LogP contribution in [-0.4, -0.2) is 23.1 Å². The molecule has 0 aliphatic rings. The lowest BCUT2D eigenvalue weighted by molar-refractivity contribution is -0.150. The van der Waals surface area contributed by atoms with Gasteiger partial charge in [0.2, 0.25) is 0 Å². The third-order valence-corrected chi connectivity index (χ3v) is 10.3. The van der Waals surface area contributed by atoms with E-state index in [4.69, 9.17) is 9.84 Å². The maximum atomic E-state index is 12.7. The van der Waals surface area contributed by atoms with E-state index >= 15 is 0 Å². The molecule has 0 saturated carbocycles. The monoisotopic (exact) mass is 741 g/mol. The van der Waals surface area contributed by atoms with E-state index in [-0.39, 0.29) is 18.5 Å². The third-order valence-electron chi connectivity index (χ3n) is 10.3. The van der Waals surface area contributed by atoms with Crippen molar-refractivity contribution in [2.24, 2.45) is 0 Å². The fraction of sp³-hybridized carbons (Fsp3) is 0.796. The number of aliphatic carboxylic acids is 1. The highest BCUT2D eigenvalue weighted by molar-refractivity contribution is 5.69. The summed E-state index contributed by atoms with van der Waals surface area (Å²) in [6.07, 6.45) is 60.1. The quantitative estimate of drug-likeness (QED) is 0.0384. The normalized spacial score (nSPS) is 12.6. The number of ether oxygens (including phenoxy) is 1. The molecule has 4 heteroatoms. The van der Waals surface area contributed by atoms with Crippen LogP contribution in [0.1, 0.15) is 245 Å². The van der Waals surface area contributed by atoms with Crippen LogP contribution in [0.4, 0.5) is 0 Å². The van der Waals surface area contributed by atoms with Crippen LogP contribution in [0.15, 0.2) is 48.6 Å². The summed E-state index contributed by atoms with van der Waals surface area (Å²) in [6.45, 7) is 4.45. The summed E-state index contributed by atoms with van der Waals surface area (Å²) in [5.74, 6) is -0.722. The van der Waals surface area contributed by atoms with Crippen LogP contribution in [0, 0.1) is 0 Å². The summed E-state index contributed by atoms with van der Waals surface area (Å²) in [4.78, 5) is 23.5. The van der Waals surface area contributed by atoms with Gasteiger partial charge in [-0.05, 0) is 77.0 Å². The van der Waals surface area contributed by atoms with E-state index in [0.717, 1.165) is 103 Å². The molecule has 1 atom stereocenters. The molecular weight excluding hydrogens is 653 g/mol. The van der Waals surface area contributed by atoms with Crippen LogP contribution in [0.25, 0.3) is 0 Å². The van der Waals surface area contributed by atoms with Gasteiger partial charge in [-0.2, -0.15) is 0 Å². The minimum atomic E-state index is -0.706. The number of carboxylic acid groups (broad SMARTS) is 1. The molecule has 0 heterocycles. The molecule has 0 aliphatic heterocycles. The van der Waals surface area contributed by atoms with Crippen molar-refractivity contribution >= 4 is 11.9 Å². The molecule has 4 nitrogen and oxygen atoms in total. The van der Waals surface area contributed by atoms with E-state index in [1.54, 1.807) is 0 Å². The Bertz CT molecular complexity index is 885. The standard InChI is InChI=1S/C49H88O4/c1-3-5-7-9-11-13-15-17-19-20-21-22-23-25-27-29-31-33-38-42-46-49(52)53-47(44-40-36-34-37-41-45-48(50)51)43-39-35-32-30-28-26-24-18-16-14-12-10-8-6-4-2/h6,8,12,14,18,24,28,30,47H,3-5,7,9-11,13,15-17,19-23,25-27,29,31-46H2,1-2H3,(H,50,51)/b8-6-,14-12-,24-18-,30-28-. The Morgan fingerprint density at radius 3 is 1.23 bits per heavy atom. The largest absolute Gasteiger partial charge is 0.481 e. The number of carbonyl (C=O) groups is 2. The molecule has 0 radical (unpaired) electrons. The number of allylic oxidation sites excluding steroid dienone is 8. The summed E-state index contributed by atoms with van der Waals surface area (Å²) in [6, 6.07) is 0. The highest BCUT2D eigenvalue weighted by atomic mass is 16.5. The zero-order chi connectivity index (χ0) is 38.6. The van der Waals surface area contributed by atoms with Crippen molar-refractivity contribution in [3.05, 3.63) is 48.6 Å². The minimum Gasteiger partial charge on any atom is -0.481 e. The topological polar surface area (TPSA) is 63.6 Å². The molecule has 0 spiro atoms. The van der Waals surface area contributed by atoms with Crippen LogP contribution in [-0.2, 0) is 14.3 Å². The van der Waals surface area contributed by atoms with Gasteiger partial charge in [0.05, 0.1) is 0 Å². The van der Waals surface area contributed by atoms with E-state index in [1.165, 1.54) is 116 Å². The summed E-state index contributed by atoms with van der Waals surface area (Å²) < 4.78 is 6.02. The van der Waals surface area contributed by atoms with E-state index < -0.39 is 5.97 Å². The maximum absolute atomic E-state index is 12.7. The van der Waals surface area contributed by atoms with Gasteiger partial charge in [0.1, 0.15) is 6.10 Å². The molecule has 1 unspecified atom stereocenters. The summed E-state index contributed by atoms with van der Waals surface area (Å²) in [5, 5.41) is 8.85. The molecule has 0 fully saturated rings. The predicted molar refractivity (Wildman–Crippen MR) is 232 cm³/mol. The first kappa shape index (κ1) is 50.9. The van der Waals surface area contributed by atoms with E-state index in [2.05, 4.69) is 62.5 Å². The molecule has 1 N–H and O–H groups in total. The van der Waals surface area contributed by atoms with Gasteiger partial charge in [-0.1, -0.05) is 204 Å². The molecule has 0 aromatic rings. The van der Waals surface area contributed by atoms with Crippen LogP contribution in [0.5, 0.6) is 0 Å². The Balaban J connectivity index is 4.01. The lowest BCUT2D eigenvalue weighted by Gasteiger charge is -2.18. The number of hydrogen-bond acceptors (Lipinski definition) is 3. The lowest BCUT2D eigenvalue weighted by atomic mass is 10.0. The first-order chi connectivity index (χ1) is 26.1. The van der Waals surface area contributed by atoms with Crippen LogP contribution < -0.4 is 0 Å². The second-order valence-corrected chi connectivity index (χ2v) is 15.6. The van der Waals surface area contributed by atoms with Crippen LogP contribution in [0.3, 0.4) is 0 Å². The average Bonchev–Trinajstić information content (AvgIpc) is 3.14. The van der Waals surface area contributed by atoms with Gasteiger partial charge in [-0.15, -0.1) is 0 Å². The first-order valence-corrected chi connectivity index (χ1v) is 23.1. The van der Waals surface area contributed by atoms with E-state index in [0.29, 0.717) is 6.42 Å². The number of unbranched alkanes of at least 4 members (excludes halogenated alkanes) is 25. The zero-order valence-electron chi connectivity index (χ0n) is 35.3. The van der Waals surface area contributed by atoms with Gasteiger partial charge >= 0.3 is 11.9 Å². The Labute approximate surface area is 330 Å². The Kier molecular flexibility index (Phi) is 42.5. The van der Waals surface area contributed by atoms with Gasteiger partial charge in [0.25, 0.3) is 0 Å².